The molecule has 0 aliphatic heterocycles. The van der Waals surface area contributed by atoms with Gasteiger partial charge in [0, 0.05) is 4.47 Å². The van der Waals surface area contributed by atoms with Crippen molar-refractivity contribution in [1.82, 2.24) is 0 Å². The van der Waals surface area contributed by atoms with Crippen LogP contribution in [0.1, 0.15) is 39.0 Å². The van der Waals surface area contributed by atoms with Gasteiger partial charge in [-0.05, 0) is 59.1 Å². The van der Waals surface area contributed by atoms with Crippen LogP contribution in [0.5, 0.6) is 5.75 Å². The molecule has 0 amide bonds. The van der Waals surface area contributed by atoms with Gasteiger partial charge in [-0.3, -0.25) is 0 Å². The third-order valence-corrected chi connectivity index (χ3v) is 3.41. The molecule has 94 valence electrons. The van der Waals surface area contributed by atoms with Gasteiger partial charge in [-0.2, -0.15) is 0 Å². The van der Waals surface area contributed by atoms with Gasteiger partial charge >= 0.3 is 0 Å². The third kappa shape index (κ3) is 6.89. The molecule has 0 N–H and O–H groups in total. The van der Waals surface area contributed by atoms with Crippen LogP contribution in [0.4, 0.5) is 0 Å². The van der Waals surface area contributed by atoms with Crippen molar-refractivity contribution in [3.63, 3.8) is 0 Å². The van der Waals surface area contributed by atoms with Gasteiger partial charge in [0.2, 0.25) is 0 Å². The van der Waals surface area contributed by atoms with Crippen LogP contribution in [0, 0.1) is 0 Å². The summed E-state index contributed by atoms with van der Waals surface area (Å²) in [5.41, 5.74) is 0. The zero-order valence-corrected chi connectivity index (χ0v) is 13.3. The Bertz CT molecular complexity index is 344. The second-order valence-corrected chi connectivity index (χ2v) is 5.61. The van der Waals surface area contributed by atoms with E-state index in [2.05, 4.69) is 44.9 Å². The maximum atomic E-state index is 5.63. The number of rotatable bonds is 7. The van der Waals surface area contributed by atoms with E-state index in [0.29, 0.717) is 0 Å². The lowest BCUT2D eigenvalue weighted by atomic mass is 10.1. The third-order valence-electron chi connectivity index (χ3n) is 2.39. The summed E-state index contributed by atoms with van der Waals surface area (Å²) in [5, 5.41) is 0. The quantitative estimate of drug-likeness (QED) is 0.425. The Morgan fingerprint density at radius 1 is 1.18 bits per heavy atom. The fourth-order valence-electron chi connectivity index (χ4n) is 1.44. The Labute approximate surface area is 121 Å². The normalized spacial score (nSPS) is 11.6. The second-order valence-electron chi connectivity index (χ2n) is 3.91. The van der Waals surface area contributed by atoms with Crippen molar-refractivity contribution >= 4 is 31.9 Å². The molecule has 0 aliphatic rings. The molecule has 1 rings (SSSR count). The van der Waals surface area contributed by atoms with Crippen LogP contribution in [0.25, 0.3) is 0 Å². The largest absolute Gasteiger partial charge is 0.450 e. The molecule has 0 aromatic heterocycles. The van der Waals surface area contributed by atoms with Crippen molar-refractivity contribution in [3.05, 3.63) is 39.5 Å². The average Bonchev–Trinajstić information content (AvgIpc) is 2.32. The molecule has 1 nitrogen and oxygen atoms in total. The van der Waals surface area contributed by atoms with Gasteiger partial charge in [-0.15, -0.1) is 0 Å². The maximum absolute atomic E-state index is 5.63. The molecular weight excluding hydrogens is 344 g/mol. The van der Waals surface area contributed by atoms with E-state index in [9.17, 15) is 0 Å². The minimum Gasteiger partial charge on any atom is -0.450 e. The van der Waals surface area contributed by atoms with E-state index in [0.717, 1.165) is 21.3 Å². The first-order chi connectivity index (χ1) is 8.22. The monoisotopic (exact) mass is 360 g/mol. The summed E-state index contributed by atoms with van der Waals surface area (Å²) in [7, 11) is 0. The van der Waals surface area contributed by atoms with Crippen molar-refractivity contribution in [2.24, 2.45) is 0 Å². The van der Waals surface area contributed by atoms with Gasteiger partial charge < -0.3 is 4.74 Å². The Morgan fingerprint density at radius 2 is 1.88 bits per heavy atom. The topological polar surface area (TPSA) is 9.23 Å². The van der Waals surface area contributed by atoms with Crippen LogP contribution < -0.4 is 4.74 Å². The van der Waals surface area contributed by atoms with Gasteiger partial charge in [-0.1, -0.05) is 42.1 Å². The minimum atomic E-state index is 0.802. The summed E-state index contributed by atoms with van der Waals surface area (Å²) in [4.78, 5) is 0. The lowest BCUT2D eigenvalue weighted by Crippen LogP contribution is -1.87. The van der Waals surface area contributed by atoms with Crippen molar-refractivity contribution in [1.29, 1.82) is 0 Å². The van der Waals surface area contributed by atoms with E-state index in [-0.39, 0.29) is 0 Å². The predicted molar refractivity (Wildman–Crippen MR) is 80.5 cm³/mol. The Morgan fingerprint density at radius 3 is 2.53 bits per heavy atom. The van der Waals surface area contributed by atoms with E-state index in [4.69, 9.17) is 4.74 Å². The summed E-state index contributed by atoms with van der Waals surface area (Å²) in [6.07, 6.45) is 8.28. The first-order valence-electron chi connectivity index (χ1n) is 6.01. The van der Waals surface area contributed by atoms with E-state index in [1.165, 1.54) is 25.7 Å². The van der Waals surface area contributed by atoms with Crippen molar-refractivity contribution in [3.8, 4) is 5.75 Å². The zero-order chi connectivity index (χ0) is 12.5. The van der Waals surface area contributed by atoms with Gasteiger partial charge in [0.1, 0.15) is 5.75 Å². The molecule has 0 unspecified atom stereocenters. The van der Waals surface area contributed by atoms with E-state index in [1.54, 1.807) is 0 Å². The molecule has 1 aromatic rings. The molecule has 0 spiro atoms. The molecule has 0 heterocycles. The molecule has 0 radical (unpaired) electrons. The van der Waals surface area contributed by atoms with E-state index in [1.807, 2.05) is 24.3 Å². The lowest BCUT2D eigenvalue weighted by molar-refractivity contribution is 0.466. The Balaban J connectivity index is 2.30. The Kier molecular flexibility index (Phi) is 7.62. The molecule has 1 aromatic carbocycles. The molecule has 3 heteroatoms. The number of benzene rings is 1. The predicted octanol–water partition coefficient (Wildman–Crippen LogP) is 6.03. The number of ether oxygens (including phenoxy) is 1. The molecule has 0 atom stereocenters. The fraction of sp³-hybridized carbons (Fsp3) is 0.429. The molecule has 0 bridgehead atoms. The zero-order valence-electron chi connectivity index (χ0n) is 10.1. The maximum Gasteiger partial charge on any atom is 0.165 e. The van der Waals surface area contributed by atoms with Gasteiger partial charge in [0.05, 0.1) is 0 Å². The highest BCUT2D eigenvalue weighted by Crippen LogP contribution is 2.20. The van der Waals surface area contributed by atoms with Crippen LogP contribution in [-0.4, -0.2) is 0 Å². The number of hydrogen-bond donors (Lipinski definition) is 0. The van der Waals surface area contributed by atoms with Crippen LogP contribution in [0.2, 0.25) is 0 Å². The highest BCUT2D eigenvalue weighted by Gasteiger charge is 1.96. The standard InChI is InChI=1S/C14H18Br2O/c1-2-3-4-5-6-7-14(16)17-13-10-8-12(15)9-11-13/h7-11H,2-6H2,1H3/b14-7+. The lowest BCUT2D eigenvalue weighted by Gasteiger charge is -2.04. The van der Waals surface area contributed by atoms with Gasteiger partial charge in [0.25, 0.3) is 0 Å². The van der Waals surface area contributed by atoms with Gasteiger partial charge in [0.15, 0.2) is 4.67 Å². The van der Waals surface area contributed by atoms with Crippen LogP contribution >= 0.6 is 31.9 Å². The number of unbranched alkanes of at least 4 members (excludes halogenated alkanes) is 4. The summed E-state index contributed by atoms with van der Waals surface area (Å²) in [6.45, 7) is 2.22. The number of allylic oxidation sites excluding steroid dienone is 1. The highest BCUT2D eigenvalue weighted by atomic mass is 79.9. The van der Waals surface area contributed by atoms with Crippen molar-refractivity contribution in [2.75, 3.05) is 0 Å². The number of halogens is 2. The first kappa shape index (κ1) is 14.8. The molecule has 17 heavy (non-hydrogen) atoms. The first-order valence-corrected chi connectivity index (χ1v) is 7.60. The van der Waals surface area contributed by atoms with Crippen LogP contribution in [-0.2, 0) is 0 Å². The van der Waals surface area contributed by atoms with E-state index < -0.39 is 0 Å². The van der Waals surface area contributed by atoms with Crippen LogP contribution in [0.3, 0.4) is 0 Å². The molecule has 0 fully saturated rings. The smallest absolute Gasteiger partial charge is 0.165 e. The molecule has 0 saturated carbocycles. The minimum absolute atomic E-state index is 0.802. The molecule has 0 saturated heterocycles. The summed E-state index contributed by atoms with van der Waals surface area (Å²) in [5.74, 6) is 0.852. The van der Waals surface area contributed by atoms with Crippen molar-refractivity contribution in [2.45, 2.75) is 39.0 Å². The second kappa shape index (κ2) is 8.76. The molecule has 0 aliphatic carbocycles. The summed E-state index contributed by atoms with van der Waals surface area (Å²) >= 11 is 6.83. The Hall–Kier alpha value is -0.280. The van der Waals surface area contributed by atoms with E-state index >= 15 is 0 Å². The van der Waals surface area contributed by atoms with Crippen molar-refractivity contribution < 1.29 is 4.74 Å². The fourth-order valence-corrected chi connectivity index (χ4v) is 2.12. The SMILES string of the molecule is CCCCCC/C=C(\Br)Oc1ccc(Br)cc1. The molecular formula is C14H18Br2O. The average molecular weight is 362 g/mol. The summed E-state index contributed by atoms with van der Waals surface area (Å²) in [6, 6.07) is 7.82. The highest BCUT2D eigenvalue weighted by molar-refractivity contribution is 9.11. The number of hydrogen-bond acceptors (Lipinski definition) is 1. The van der Waals surface area contributed by atoms with Crippen LogP contribution in [0.15, 0.2) is 39.5 Å². The van der Waals surface area contributed by atoms with Gasteiger partial charge in [-0.25, -0.2) is 0 Å². The summed E-state index contributed by atoms with van der Waals surface area (Å²) < 4.78 is 7.49.